The van der Waals surface area contributed by atoms with Crippen LogP contribution in [0.3, 0.4) is 0 Å². The number of fused-ring (bicyclic) bond motifs is 1. The zero-order chi connectivity index (χ0) is 14.4. The Morgan fingerprint density at radius 1 is 1.33 bits per heavy atom. The molecule has 0 radical (unpaired) electrons. The highest BCUT2D eigenvalue weighted by atomic mass is 16.5. The molecule has 4 rings (SSSR count). The zero-order valence-corrected chi connectivity index (χ0v) is 12.7. The predicted molar refractivity (Wildman–Crippen MR) is 81.5 cm³/mol. The van der Waals surface area contributed by atoms with E-state index in [0.717, 1.165) is 24.6 Å². The van der Waals surface area contributed by atoms with Crippen molar-refractivity contribution in [1.82, 2.24) is 5.32 Å². The quantitative estimate of drug-likeness (QED) is 0.637. The van der Waals surface area contributed by atoms with Crippen molar-refractivity contribution >= 4 is 5.97 Å². The molecule has 3 heteroatoms. The molecule has 0 unspecified atom stereocenters. The Labute approximate surface area is 126 Å². The van der Waals surface area contributed by atoms with Crippen LogP contribution in [0.5, 0.6) is 5.75 Å². The van der Waals surface area contributed by atoms with Gasteiger partial charge in [0.05, 0.1) is 0 Å². The summed E-state index contributed by atoms with van der Waals surface area (Å²) in [4.78, 5) is 11.2. The minimum absolute atomic E-state index is 0.230. The molecule has 3 atom stereocenters. The minimum Gasteiger partial charge on any atom is -0.427 e. The molecule has 1 aromatic carbocycles. The van der Waals surface area contributed by atoms with E-state index in [0.29, 0.717) is 11.5 Å². The average Bonchev–Trinajstić information content (AvgIpc) is 2.47. The smallest absolute Gasteiger partial charge is 0.308 e. The van der Waals surface area contributed by atoms with E-state index in [2.05, 4.69) is 17.4 Å². The summed E-state index contributed by atoms with van der Waals surface area (Å²) in [7, 11) is 0. The molecule has 2 bridgehead atoms. The lowest BCUT2D eigenvalue weighted by Gasteiger charge is -2.56. The van der Waals surface area contributed by atoms with Crippen LogP contribution >= 0.6 is 0 Å². The van der Waals surface area contributed by atoms with Crippen LogP contribution in [0.25, 0.3) is 0 Å². The Hall–Kier alpha value is -1.35. The van der Waals surface area contributed by atoms with Crippen LogP contribution in [0.4, 0.5) is 0 Å². The van der Waals surface area contributed by atoms with Gasteiger partial charge in [-0.1, -0.05) is 18.9 Å². The molecule has 112 valence electrons. The summed E-state index contributed by atoms with van der Waals surface area (Å²) in [5, 5.41) is 3.75. The van der Waals surface area contributed by atoms with Crippen molar-refractivity contribution in [2.45, 2.75) is 56.9 Å². The molecule has 1 saturated carbocycles. The second-order valence-electron chi connectivity index (χ2n) is 6.94. The summed E-state index contributed by atoms with van der Waals surface area (Å²) in [5.41, 5.74) is 3.27. The van der Waals surface area contributed by atoms with Crippen LogP contribution in [0.2, 0.25) is 0 Å². The zero-order valence-electron chi connectivity index (χ0n) is 12.7. The Bertz CT molecular complexity index is 579. The molecule has 1 N–H and O–H groups in total. The Morgan fingerprint density at radius 2 is 2.24 bits per heavy atom. The molecular formula is C18H23NO2. The van der Waals surface area contributed by atoms with Gasteiger partial charge in [0.15, 0.2) is 0 Å². The summed E-state index contributed by atoms with van der Waals surface area (Å²) in [5.74, 6) is 1.25. The largest absolute Gasteiger partial charge is 0.427 e. The molecule has 1 saturated heterocycles. The summed E-state index contributed by atoms with van der Waals surface area (Å²) < 4.78 is 5.34. The first-order valence-corrected chi connectivity index (χ1v) is 8.24. The van der Waals surface area contributed by atoms with Crippen molar-refractivity contribution in [2.24, 2.45) is 5.92 Å². The van der Waals surface area contributed by atoms with E-state index in [1.54, 1.807) is 0 Å². The SMILES string of the molecule is CC(=O)Oc1ccc2c(c1)[C@@]13CCCC[C@H]1[C@@H](C2)NCC3. The first kappa shape index (κ1) is 13.3. The summed E-state index contributed by atoms with van der Waals surface area (Å²) in [6, 6.07) is 6.94. The fourth-order valence-electron chi connectivity index (χ4n) is 5.13. The van der Waals surface area contributed by atoms with Gasteiger partial charge < -0.3 is 10.1 Å². The van der Waals surface area contributed by atoms with Crippen molar-refractivity contribution in [3.63, 3.8) is 0 Å². The van der Waals surface area contributed by atoms with Gasteiger partial charge in [0.1, 0.15) is 5.75 Å². The monoisotopic (exact) mass is 285 g/mol. The van der Waals surface area contributed by atoms with Crippen molar-refractivity contribution < 1.29 is 9.53 Å². The number of rotatable bonds is 1. The molecule has 1 aliphatic heterocycles. The number of hydrogen-bond donors (Lipinski definition) is 1. The lowest BCUT2D eigenvalue weighted by atomic mass is 9.53. The fraction of sp³-hybridized carbons (Fsp3) is 0.611. The number of carbonyl (C=O) groups excluding carboxylic acids is 1. The maximum absolute atomic E-state index is 11.2. The number of hydrogen-bond acceptors (Lipinski definition) is 3. The third-order valence-corrected chi connectivity index (χ3v) is 5.88. The summed E-state index contributed by atoms with van der Waals surface area (Å²) in [6.07, 6.45) is 7.69. The third-order valence-electron chi connectivity index (χ3n) is 5.88. The van der Waals surface area contributed by atoms with Crippen LogP contribution < -0.4 is 10.1 Å². The van der Waals surface area contributed by atoms with Crippen molar-refractivity contribution in [2.75, 3.05) is 6.54 Å². The molecule has 2 aliphatic carbocycles. The minimum atomic E-state index is -0.230. The molecule has 21 heavy (non-hydrogen) atoms. The number of ether oxygens (including phenoxy) is 1. The molecule has 0 aromatic heterocycles. The molecule has 0 amide bonds. The van der Waals surface area contributed by atoms with Gasteiger partial charge in [-0.05, 0) is 61.4 Å². The number of carbonyl (C=O) groups is 1. The van der Waals surface area contributed by atoms with Gasteiger partial charge in [0.25, 0.3) is 0 Å². The maximum atomic E-state index is 11.2. The molecule has 3 nitrogen and oxygen atoms in total. The van der Waals surface area contributed by atoms with Crippen molar-refractivity contribution in [3.8, 4) is 5.75 Å². The topological polar surface area (TPSA) is 38.3 Å². The van der Waals surface area contributed by atoms with Gasteiger partial charge in [0, 0.05) is 18.4 Å². The van der Waals surface area contributed by atoms with E-state index < -0.39 is 0 Å². The number of nitrogens with one attached hydrogen (secondary N) is 1. The normalized spacial score (nSPS) is 33.8. The standard InChI is InChI=1S/C18H23NO2/c1-12(20)21-14-6-5-13-10-17-15-4-2-3-7-18(15,8-9-19-17)16(13)11-14/h5-6,11,15,17,19H,2-4,7-10H2,1H3/t15-,17+,18+/m0/s1. The lowest BCUT2D eigenvalue weighted by Crippen LogP contribution is -2.59. The second-order valence-corrected chi connectivity index (χ2v) is 6.94. The Morgan fingerprint density at radius 3 is 3.10 bits per heavy atom. The van der Waals surface area contributed by atoms with Crippen molar-refractivity contribution in [3.05, 3.63) is 29.3 Å². The van der Waals surface area contributed by atoms with Gasteiger partial charge in [-0.15, -0.1) is 0 Å². The van der Waals surface area contributed by atoms with E-state index in [9.17, 15) is 4.79 Å². The number of piperidine rings is 1. The molecule has 1 heterocycles. The first-order valence-electron chi connectivity index (χ1n) is 8.24. The van der Waals surface area contributed by atoms with Crippen LogP contribution in [-0.2, 0) is 16.6 Å². The van der Waals surface area contributed by atoms with E-state index in [4.69, 9.17) is 4.74 Å². The van der Waals surface area contributed by atoms with Crippen LogP contribution in [-0.4, -0.2) is 18.6 Å². The van der Waals surface area contributed by atoms with Gasteiger partial charge in [0.2, 0.25) is 0 Å². The Kier molecular flexibility index (Phi) is 3.07. The van der Waals surface area contributed by atoms with Crippen LogP contribution in [0.1, 0.15) is 50.2 Å². The number of esters is 1. The summed E-state index contributed by atoms with van der Waals surface area (Å²) >= 11 is 0. The highest BCUT2D eigenvalue weighted by Crippen LogP contribution is 2.54. The molecule has 0 spiro atoms. The molecule has 1 aromatic rings. The lowest BCUT2D eigenvalue weighted by molar-refractivity contribution is -0.131. The number of benzene rings is 1. The van der Waals surface area contributed by atoms with E-state index in [1.165, 1.54) is 50.2 Å². The van der Waals surface area contributed by atoms with E-state index >= 15 is 0 Å². The van der Waals surface area contributed by atoms with E-state index in [-0.39, 0.29) is 5.97 Å². The van der Waals surface area contributed by atoms with Crippen molar-refractivity contribution in [1.29, 1.82) is 0 Å². The Balaban J connectivity index is 1.81. The highest BCUT2D eigenvalue weighted by molar-refractivity contribution is 5.69. The molecule has 2 fully saturated rings. The van der Waals surface area contributed by atoms with E-state index in [1.807, 2.05) is 6.07 Å². The van der Waals surface area contributed by atoms with Gasteiger partial charge >= 0.3 is 5.97 Å². The van der Waals surface area contributed by atoms with Gasteiger partial charge in [-0.3, -0.25) is 4.79 Å². The predicted octanol–water partition coefficient (Wildman–Crippen LogP) is 2.96. The maximum Gasteiger partial charge on any atom is 0.308 e. The average molecular weight is 285 g/mol. The van der Waals surface area contributed by atoms with Gasteiger partial charge in [-0.25, -0.2) is 0 Å². The van der Waals surface area contributed by atoms with Crippen LogP contribution in [0, 0.1) is 5.92 Å². The highest BCUT2D eigenvalue weighted by Gasteiger charge is 2.51. The van der Waals surface area contributed by atoms with Crippen LogP contribution in [0.15, 0.2) is 18.2 Å². The third kappa shape index (κ3) is 2.02. The molecular weight excluding hydrogens is 262 g/mol. The van der Waals surface area contributed by atoms with Gasteiger partial charge in [-0.2, -0.15) is 0 Å². The second kappa shape index (κ2) is 4.84. The first-order chi connectivity index (χ1) is 10.2. The fourth-order valence-corrected chi connectivity index (χ4v) is 5.13. The molecule has 3 aliphatic rings. The summed E-state index contributed by atoms with van der Waals surface area (Å²) in [6.45, 7) is 2.60.